The van der Waals surface area contributed by atoms with Crippen molar-refractivity contribution in [1.82, 2.24) is 19.9 Å². The third kappa shape index (κ3) is 6.92. The fraction of sp³-hybridized carbons (Fsp3) is 0.486. The lowest BCUT2D eigenvalue weighted by atomic mass is 9.86. The fourth-order valence-corrected chi connectivity index (χ4v) is 7.19. The average Bonchev–Trinajstić information content (AvgIpc) is 3.72. The van der Waals surface area contributed by atoms with E-state index in [1.807, 2.05) is 31.3 Å². The lowest BCUT2D eigenvalue weighted by Gasteiger charge is -2.34. The summed E-state index contributed by atoms with van der Waals surface area (Å²) in [6, 6.07) is 10.7. The van der Waals surface area contributed by atoms with Crippen LogP contribution in [0.3, 0.4) is 0 Å². The summed E-state index contributed by atoms with van der Waals surface area (Å²) in [7, 11) is 3.69. The van der Waals surface area contributed by atoms with Gasteiger partial charge in [-0.05, 0) is 69.0 Å². The Bertz CT molecular complexity index is 1750. The Hall–Kier alpha value is -4.39. The van der Waals surface area contributed by atoms with Crippen molar-refractivity contribution in [2.45, 2.75) is 51.6 Å². The Labute approximate surface area is 277 Å². The number of anilines is 2. The molecule has 4 heterocycles. The number of ether oxygens (including phenoxy) is 2. The molecule has 3 aromatic heterocycles. The molecule has 1 saturated heterocycles. The molecule has 48 heavy (non-hydrogen) atoms. The second-order valence-corrected chi connectivity index (χ2v) is 13.0. The minimum atomic E-state index is -4.66. The van der Waals surface area contributed by atoms with Gasteiger partial charge in [-0.2, -0.15) is 13.2 Å². The topological polar surface area (TPSA) is 117 Å². The molecule has 10 nitrogen and oxygen atoms in total. The molecule has 2 N–H and O–H groups in total. The van der Waals surface area contributed by atoms with Crippen molar-refractivity contribution >= 4 is 28.5 Å². The van der Waals surface area contributed by atoms with E-state index in [4.69, 9.17) is 19.4 Å². The summed E-state index contributed by atoms with van der Waals surface area (Å²) in [5, 5.41) is 9.34. The van der Waals surface area contributed by atoms with E-state index in [0.717, 1.165) is 48.7 Å². The molecule has 0 unspecified atom stereocenters. The predicted octanol–water partition coefficient (Wildman–Crippen LogP) is 7.05. The average molecular weight is 667 g/mol. The molecule has 2 aliphatic rings. The zero-order valence-corrected chi connectivity index (χ0v) is 27.4. The first-order valence-electron chi connectivity index (χ1n) is 16.4. The van der Waals surface area contributed by atoms with Gasteiger partial charge in [-0.25, -0.2) is 15.0 Å². The Morgan fingerprint density at radius 2 is 1.81 bits per heavy atom. The van der Waals surface area contributed by atoms with E-state index < -0.39 is 23.6 Å². The van der Waals surface area contributed by atoms with E-state index in [0.29, 0.717) is 61.8 Å². The number of rotatable bonds is 11. The molecule has 6 rings (SSSR count). The van der Waals surface area contributed by atoms with Crippen LogP contribution in [0.25, 0.3) is 33.8 Å². The highest BCUT2D eigenvalue weighted by Gasteiger charge is 2.37. The van der Waals surface area contributed by atoms with Crippen LogP contribution in [-0.4, -0.2) is 78.0 Å². The van der Waals surface area contributed by atoms with E-state index in [9.17, 15) is 23.1 Å². The van der Waals surface area contributed by atoms with Crippen LogP contribution in [0.4, 0.5) is 24.5 Å². The number of nitrogens with one attached hydrogen (secondary N) is 1. The normalized spacial score (nSPS) is 16.8. The minimum absolute atomic E-state index is 0.0407. The van der Waals surface area contributed by atoms with Gasteiger partial charge in [-0.3, -0.25) is 4.79 Å². The number of hydrogen-bond acceptors (Lipinski definition) is 8. The van der Waals surface area contributed by atoms with Crippen LogP contribution in [0.1, 0.15) is 51.0 Å². The molecule has 0 bridgehead atoms. The number of methoxy groups -OCH3 is 1. The first-order chi connectivity index (χ1) is 23.0. The zero-order valence-electron chi connectivity index (χ0n) is 27.4. The SMILES string of the molecule is CCOc1ncc(-c2cc(N(C)CC3(COC)CCCC3)c3[nH]c(-c4ccc(N5CCC(C(=O)O)CC5)cc4)nc3n2)cc1C(F)(F)F. The van der Waals surface area contributed by atoms with E-state index in [2.05, 4.69) is 19.8 Å². The van der Waals surface area contributed by atoms with Gasteiger partial charge in [0.25, 0.3) is 0 Å². The molecule has 256 valence electrons. The molecule has 1 aromatic carbocycles. The third-order valence-electron chi connectivity index (χ3n) is 9.62. The van der Waals surface area contributed by atoms with Crippen LogP contribution in [-0.2, 0) is 15.7 Å². The van der Waals surface area contributed by atoms with Gasteiger partial charge >= 0.3 is 12.1 Å². The lowest BCUT2D eigenvalue weighted by molar-refractivity contribution is -0.142. The van der Waals surface area contributed by atoms with Gasteiger partial charge in [0.15, 0.2) is 5.65 Å². The highest BCUT2D eigenvalue weighted by molar-refractivity contribution is 5.91. The number of carbonyl (C=O) groups is 1. The van der Waals surface area contributed by atoms with Gasteiger partial charge in [-0.1, -0.05) is 12.8 Å². The highest BCUT2D eigenvalue weighted by Crippen LogP contribution is 2.42. The van der Waals surface area contributed by atoms with Crippen molar-refractivity contribution in [1.29, 1.82) is 0 Å². The molecule has 1 saturated carbocycles. The van der Waals surface area contributed by atoms with Gasteiger partial charge in [0.2, 0.25) is 5.88 Å². The first-order valence-corrected chi connectivity index (χ1v) is 16.4. The fourth-order valence-electron chi connectivity index (χ4n) is 7.19. The number of nitrogens with zero attached hydrogens (tertiary/aromatic N) is 5. The number of benzene rings is 1. The number of aromatic nitrogens is 4. The van der Waals surface area contributed by atoms with Gasteiger partial charge in [0.1, 0.15) is 16.9 Å². The summed E-state index contributed by atoms with van der Waals surface area (Å²) >= 11 is 0. The summed E-state index contributed by atoms with van der Waals surface area (Å²) in [5.74, 6) is -0.939. The third-order valence-corrected chi connectivity index (χ3v) is 9.62. The maximum absolute atomic E-state index is 14.1. The van der Waals surface area contributed by atoms with E-state index in [1.165, 1.54) is 6.20 Å². The van der Waals surface area contributed by atoms with Crippen molar-refractivity contribution in [2.24, 2.45) is 11.3 Å². The summed E-state index contributed by atoms with van der Waals surface area (Å²) < 4.78 is 53.0. The number of alkyl halides is 3. The van der Waals surface area contributed by atoms with E-state index in [1.54, 1.807) is 20.1 Å². The molecule has 1 aliphatic heterocycles. The number of carboxylic acid groups (broad SMARTS) is 1. The Balaban J connectivity index is 1.38. The minimum Gasteiger partial charge on any atom is -0.481 e. The molecule has 0 radical (unpaired) electrons. The van der Waals surface area contributed by atoms with Crippen molar-refractivity contribution < 1.29 is 32.5 Å². The second-order valence-electron chi connectivity index (χ2n) is 13.0. The highest BCUT2D eigenvalue weighted by atomic mass is 19.4. The van der Waals surface area contributed by atoms with Crippen LogP contribution in [0, 0.1) is 11.3 Å². The van der Waals surface area contributed by atoms with Crippen LogP contribution >= 0.6 is 0 Å². The summed E-state index contributed by atoms with van der Waals surface area (Å²) in [5.41, 5.74) is 3.15. The number of aromatic amines is 1. The maximum Gasteiger partial charge on any atom is 0.421 e. The summed E-state index contributed by atoms with van der Waals surface area (Å²) in [6.07, 6.45) is 2.19. The van der Waals surface area contributed by atoms with Crippen LogP contribution in [0.2, 0.25) is 0 Å². The Morgan fingerprint density at radius 1 is 1.10 bits per heavy atom. The monoisotopic (exact) mass is 666 g/mol. The number of halogens is 3. The van der Waals surface area contributed by atoms with Gasteiger partial charge in [0.05, 0.1) is 30.5 Å². The molecule has 4 aromatic rings. The standard InChI is InChI=1S/C35H41F3N6O4/c1-4-48-32-26(35(36,37)38)17-24(19-39-32)27-18-28(43(2)20-34(21-47-3)13-5-6-14-34)29-31(40-27)42-30(41-29)22-7-9-25(10-8-22)44-15-11-23(12-16-44)33(45)46/h7-10,17-19,23H,4-6,11-16,20-21H2,1-3H3,(H,45,46)(H,40,41,42). The maximum atomic E-state index is 14.1. The second kappa shape index (κ2) is 13.6. The smallest absolute Gasteiger partial charge is 0.421 e. The predicted molar refractivity (Wildman–Crippen MR) is 177 cm³/mol. The number of fused-ring (bicyclic) bond motifs is 1. The molecule has 0 spiro atoms. The van der Waals surface area contributed by atoms with Gasteiger partial charge < -0.3 is 29.4 Å². The number of imidazole rings is 1. The van der Waals surface area contributed by atoms with Crippen molar-refractivity contribution in [2.75, 3.05) is 56.8 Å². The van der Waals surface area contributed by atoms with Crippen LogP contribution < -0.4 is 14.5 Å². The van der Waals surface area contributed by atoms with Crippen LogP contribution in [0.15, 0.2) is 42.6 Å². The molecule has 13 heteroatoms. The molecular weight excluding hydrogens is 625 g/mol. The molecule has 1 aliphatic carbocycles. The number of hydrogen-bond donors (Lipinski definition) is 2. The zero-order chi connectivity index (χ0) is 34.1. The first kappa shape index (κ1) is 33.5. The van der Waals surface area contributed by atoms with Crippen molar-refractivity contribution in [3.63, 3.8) is 0 Å². The van der Waals surface area contributed by atoms with E-state index >= 15 is 0 Å². The van der Waals surface area contributed by atoms with Crippen molar-refractivity contribution in [3.8, 4) is 28.5 Å². The summed E-state index contributed by atoms with van der Waals surface area (Å²) in [6.45, 7) is 4.31. The number of aliphatic carboxylic acids is 1. The van der Waals surface area contributed by atoms with Gasteiger partial charge in [0, 0.05) is 62.2 Å². The number of carboxylic acids is 1. The molecule has 0 amide bonds. The molecule has 2 fully saturated rings. The van der Waals surface area contributed by atoms with E-state index in [-0.39, 0.29) is 23.5 Å². The number of H-pyrrole nitrogens is 1. The number of pyridine rings is 2. The number of piperidine rings is 1. The Kier molecular flexibility index (Phi) is 9.50. The van der Waals surface area contributed by atoms with Crippen LogP contribution in [0.5, 0.6) is 5.88 Å². The van der Waals surface area contributed by atoms with Crippen molar-refractivity contribution in [3.05, 3.63) is 48.2 Å². The van der Waals surface area contributed by atoms with Gasteiger partial charge in [-0.15, -0.1) is 0 Å². The molecule has 0 atom stereocenters. The molecular formula is C35H41F3N6O4. The quantitative estimate of drug-likeness (QED) is 0.174. The lowest BCUT2D eigenvalue weighted by Crippen LogP contribution is -2.37. The largest absolute Gasteiger partial charge is 0.481 e. The summed E-state index contributed by atoms with van der Waals surface area (Å²) in [4.78, 5) is 32.7. The Morgan fingerprint density at radius 3 is 2.44 bits per heavy atom.